The highest BCUT2D eigenvalue weighted by molar-refractivity contribution is 8.00. The molecule has 1 aromatic rings. The fraction of sp³-hybridized carbons (Fsp3) is 0.444. The van der Waals surface area contributed by atoms with E-state index >= 15 is 0 Å². The van der Waals surface area contributed by atoms with Gasteiger partial charge in [0.25, 0.3) is 11.8 Å². The van der Waals surface area contributed by atoms with E-state index in [2.05, 4.69) is 15.5 Å². The monoisotopic (exact) mass is 481 g/mol. The number of hydrogen-bond donors (Lipinski definition) is 3. The molecule has 1 saturated heterocycles. The summed E-state index contributed by atoms with van der Waals surface area (Å²) in [6.45, 7) is 0. The Kier molecular flexibility index (Phi) is 5.81. The second-order valence-electron chi connectivity index (χ2n) is 7.21. The third-order valence-corrected chi connectivity index (χ3v) is 7.37. The Morgan fingerprint density at radius 3 is 2.72 bits per heavy atom. The molecule has 0 bridgehead atoms. The van der Waals surface area contributed by atoms with Gasteiger partial charge >= 0.3 is 11.9 Å². The number of thioether (sulfide) groups is 1. The van der Waals surface area contributed by atoms with Crippen molar-refractivity contribution < 1.29 is 33.9 Å². The van der Waals surface area contributed by atoms with Crippen LogP contribution in [0.5, 0.6) is 0 Å². The first kappa shape index (κ1) is 22.1. The van der Waals surface area contributed by atoms with Crippen molar-refractivity contribution in [3.63, 3.8) is 0 Å². The van der Waals surface area contributed by atoms with Crippen LogP contribution in [0.25, 0.3) is 0 Å². The maximum atomic E-state index is 12.8. The van der Waals surface area contributed by atoms with Gasteiger partial charge in [-0.3, -0.25) is 19.3 Å². The smallest absolute Gasteiger partial charge is 0.352 e. The lowest BCUT2D eigenvalue weighted by Gasteiger charge is -2.49. The van der Waals surface area contributed by atoms with Crippen molar-refractivity contribution >= 4 is 57.7 Å². The number of carboxylic acids is 1. The predicted molar refractivity (Wildman–Crippen MR) is 113 cm³/mol. The molecule has 0 spiro atoms. The number of ether oxygens (including phenoxy) is 1. The number of anilines is 1. The first-order chi connectivity index (χ1) is 15.3. The van der Waals surface area contributed by atoms with Crippen LogP contribution >= 0.6 is 23.1 Å². The van der Waals surface area contributed by atoms with Crippen molar-refractivity contribution in [2.24, 2.45) is 17.0 Å². The molecule has 2 aliphatic heterocycles. The Labute approximate surface area is 189 Å². The number of nitrogen functional groups attached to an aromatic ring is 1. The molecule has 32 heavy (non-hydrogen) atoms. The highest BCUT2D eigenvalue weighted by Gasteiger charge is 2.57. The third-order valence-electron chi connectivity index (χ3n) is 5.39. The standard InChI is InChI=1S/C18H19N5O7S2/c1-29-17(28)7-3-6(7)8-4-31-15-11(14(25)23(15)12(8)16(26)27)21-13(24)10(22-30-2)9-5-32-18(19)20-9/h5-7,11,15H,3-4H2,1-2H3,(H2,19,20)(H,21,24)(H,26,27)/b22-10-/t6?,7?,11-,15-/m1/s1. The Bertz CT molecular complexity index is 1070. The van der Waals surface area contributed by atoms with Gasteiger partial charge in [-0.15, -0.1) is 23.1 Å². The number of methoxy groups -OCH3 is 1. The summed E-state index contributed by atoms with van der Waals surface area (Å²) in [4.78, 5) is 59.2. The average molecular weight is 482 g/mol. The Morgan fingerprint density at radius 2 is 2.12 bits per heavy atom. The maximum Gasteiger partial charge on any atom is 0.352 e. The average Bonchev–Trinajstić information content (AvgIpc) is 3.46. The van der Waals surface area contributed by atoms with Gasteiger partial charge < -0.3 is 25.7 Å². The lowest BCUT2D eigenvalue weighted by Crippen LogP contribution is -2.71. The van der Waals surface area contributed by atoms with Crippen molar-refractivity contribution in [2.75, 3.05) is 25.7 Å². The van der Waals surface area contributed by atoms with E-state index in [1.54, 1.807) is 0 Å². The van der Waals surface area contributed by atoms with Gasteiger partial charge in [0.1, 0.15) is 29.9 Å². The summed E-state index contributed by atoms with van der Waals surface area (Å²) in [6, 6.07) is -0.947. The van der Waals surface area contributed by atoms with Crippen LogP contribution in [-0.2, 0) is 28.8 Å². The molecule has 1 aliphatic carbocycles. The van der Waals surface area contributed by atoms with Crippen LogP contribution in [-0.4, -0.2) is 75.8 Å². The zero-order chi connectivity index (χ0) is 23.2. The molecule has 0 aromatic carbocycles. The molecule has 170 valence electrons. The fourth-order valence-corrected chi connectivity index (χ4v) is 5.80. The first-order valence-corrected chi connectivity index (χ1v) is 11.3. The summed E-state index contributed by atoms with van der Waals surface area (Å²) in [7, 11) is 2.55. The van der Waals surface area contributed by atoms with Gasteiger partial charge in [0, 0.05) is 11.1 Å². The second kappa shape index (κ2) is 8.43. The van der Waals surface area contributed by atoms with Crippen molar-refractivity contribution in [2.45, 2.75) is 17.8 Å². The largest absolute Gasteiger partial charge is 0.477 e. The van der Waals surface area contributed by atoms with E-state index in [1.807, 2.05) is 0 Å². The van der Waals surface area contributed by atoms with E-state index < -0.39 is 41.1 Å². The van der Waals surface area contributed by atoms with Crippen molar-refractivity contribution in [1.29, 1.82) is 0 Å². The number of fused-ring (bicyclic) bond motifs is 1. The minimum absolute atomic E-state index is 0.126. The van der Waals surface area contributed by atoms with E-state index in [4.69, 9.17) is 15.3 Å². The summed E-state index contributed by atoms with van der Waals surface area (Å²) in [5.74, 6) is -3.25. The summed E-state index contributed by atoms with van der Waals surface area (Å²) in [6.07, 6.45) is 0.486. The number of esters is 1. The Morgan fingerprint density at radius 1 is 1.38 bits per heavy atom. The second-order valence-corrected chi connectivity index (χ2v) is 9.20. The van der Waals surface area contributed by atoms with Crippen LogP contribution < -0.4 is 11.1 Å². The molecule has 1 saturated carbocycles. The molecular weight excluding hydrogens is 462 g/mol. The highest BCUT2D eigenvalue weighted by Crippen LogP contribution is 2.51. The summed E-state index contributed by atoms with van der Waals surface area (Å²) < 4.78 is 4.74. The molecule has 14 heteroatoms. The number of nitrogens with zero attached hydrogens (tertiary/aromatic N) is 3. The number of nitrogens with one attached hydrogen (secondary N) is 1. The molecular formula is C18H19N5O7S2. The molecule has 4 rings (SSSR count). The number of oxime groups is 1. The minimum Gasteiger partial charge on any atom is -0.477 e. The topological polar surface area (TPSA) is 174 Å². The first-order valence-electron chi connectivity index (χ1n) is 9.40. The normalized spacial score (nSPS) is 26.8. The number of aromatic nitrogens is 1. The van der Waals surface area contributed by atoms with E-state index in [9.17, 15) is 24.3 Å². The van der Waals surface area contributed by atoms with Crippen LogP contribution in [0.1, 0.15) is 12.1 Å². The number of carbonyl (C=O) groups is 4. The number of thiazole rings is 1. The van der Waals surface area contributed by atoms with Gasteiger partial charge in [-0.2, -0.15) is 0 Å². The molecule has 2 unspecified atom stereocenters. The number of rotatable bonds is 7. The van der Waals surface area contributed by atoms with Crippen LogP contribution in [0, 0.1) is 11.8 Å². The van der Waals surface area contributed by atoms with Gasteiger partial charge in [-0.1, -0.05) is 5.16 Å². The van der Waals surface area contributed by atoms with Crippen molar-refractivity contribution in [3.8, 4) is 0 Å². The molecule has 0 radical (unpaired) electrons. The minimum atomic E-state index is -1.25. The van der Waals surface area contributed by atoms with Gasteiger partial charge in [0.05, 0.1) is 13.0 Å². The zero-order valence-corrected chi connectivity index (χ0v) is 18.6. The quantitative estimate of drug-likeness (QED) is 0.202. The van der Waals surface area contributed by atoms with Gasteiger partial charge in [-0.25, -0.2) is 9.78 Å². The fourth-order valence-electron chi connectivity index (χ4n) is 3.82. The molecule has 1 aromatic heterocycles. The maximum absolute atomic E-state index is 12.8. The van der Waals surface area contributed by atoms with E-state index in [0.717, 1.165) is 16.2 Å². The van der Waals surface area contributed by atoms with Crippen LogP contribution in [0.4, 0.5) is 5.13 Å². The van der Waals surface area contributed by atoms with Crippen LogP contribution in [0.2, 0.25) is 0 Å². The SMILES string of the molecule is CO/N=C(\C(=O)N[C@@H]1C(=O)N2C(C(=O)O)=C(C3CC3C(=O)OC)CS[C@H]12)c1csc(N)n1. The summed E-state index contributed by atoms with van der Waals surface area (Å²) >= 11 is 2.44. The lowest BCUT2D eigenvalue weighted by atomic mass is 10.00. The predicted octanol–water partition coefficient (Wildman–Crippen LogP) is -0.376. The number of hydrogen-bond acceptors (Lipinski definition) is 11. The summed E-state index contributed by atoms with van der Waals surface area (Å²) in [5, 5.41) is 17.2. The number of nitrogens with two attached hydrogens (primary N) is 1. The number of carbonyl (C=O) groups excluding carboxylic acids is 3. The number of carboxylic acid groups (broad SMARTS) is 1. The number of β-lactam (4-membered cyclic amide) rings is 1. The Hall–Kier alpha value is -3.13. The van der Waals surface area contributed by atoms with Gasteiger partial charge in [0.15, 0.2) is 10.8 Å². The number of aliphatic carboxylic acids is 1. The van der Waals surface area contributed by atoms with Crippen LogP contribution in [0.15, 0.2) is 21.8 Å². The molecule has 12 nitrogen and oxygen atoms in total. The van der Waals surface area contributed by atoms with Crippen molar-refractivity contribution in [3.05, 3.63) is 22.3 Å². The van der Waals surface area contributed by atoms with E-state index in [0.29, 0.717) is 17.7 Å². The lowest BCUT2D eigenvalue weighted by molar-refractivity contribution is -0.150. The van der Waals surface area contributed by atoms with E-state index in [1.165, 1.54) is 31.4 Å². The van der Waals surface area contributed by atoms with Crippen LogP contribution in [0.3, 0.4) is 0 Å². The van der Waals surface area contributed by atoms with Gasteiger partial charge in [-0.05, 0) is 17.9 Å². The molecule has 4 N–H and O–H groups in total. The molecule has 4 atom stereocenters. The molecule has 2 amide bonds. The van der Waals surface area contributed by atoms with Crippen molar-refractivity contribution in [1.82, 2.24) is 15.2 Å². The Balaban J connectivity index is 1.52. The molecule has 3 heterocycles. The zero-order valence-electron chi connectivity index (χ0n) is 16.9. The number of amides is 2. The molecule has 3 aliphatic rings. The summed E-state index contributed by atoms with van der Waals surface area (Å²) in [5.41, 5.74) is 6.06. The van der Waals surface area contributed by atoms with E-state index in [-0.39, 0.29) is 28.2 Å². The van der Waals surface area contributed by atoms with Gasteiger partial charge in [0.2, 0.25) is 0 Å². The third kappa shape index (κ3) is 3.68. The molecule has 2 fully saturated rings. The highest BCUT2D eigenvalue weighted by atomic mass is 32.2.